The lowest BCUT2D eigenvalue weighted by molar-refractivity contribution is -0.141. The van der Waals surface area contributed by atoms with Gasteiger partial charge in [0.15, 0.2) is 0 Å². The Balaban J connectivity index is 2.70. The first-order valence-corrected chi connectivity index (χ1v) is 6.56. The van der Waals surface area contributed by atoms with E-state index < -0.39 is 0 Å². The molecule has 0 radical (unpaired) electrons. The van der Waals surface area contributed by atoms with Gasteiger partial charge in [-0.05, 0) is 36.5 Å². The number of carbonyl (C=O) groups is 1. The topological polar surface area (TPSA) is 38.3 Å². The highest BCUT2D eigenvalue weighted by atomic mass is 16.5. The van der Waals surface area contributed by atoms with E-state index in [4.69, 9.17) is 4.74 Å². The molecule has 3 heteroatoms. The summed E-state index contributed by atoms with van der Waals surface area (Å²) in [7, 11) is 1.42. The molecule has 100 valence electrons. The van der Waals surface area contributed by atoms with Crippen LogP contribution in [0.15, 0.2) is 24.3 Å². The summed E-state index contributed by atoms with van der Waals surface area (Å²) in [5.41, 5.74) is 2.29. The van der Waals surface area contributed by atoms with Crippen LogP contribution in [0.3, 0.4) is 0 Å². The molecule has 18 heavy (non-hydrogen) atoms. The van der Waals surface area contributed by atoms with Gasteiger partial charge >= 0.3 is 5.97 Å². The number of esters is 1. The number of hydrogen-bond donors (Lipinski definition) is 1. The number of anilines is 1. The molecule has 1 aromatic rings. The van der Waals surface area contributed by atoms with Crippen molar-refractivity contribution in [3.63, 3.8) is 0 Å². The van der Waals surface area contributed by atoms with Crippen molar-refractivity contribution in [2.75, 3.05) is 12.4 Å². The first kappa shape index (κ1) is 14.6. The zero-order valence-electron chi connectivity index (χ0n) is 11.7. The van der Waals surface area contributed by atoms with Crippen molar-refractivity contribution in [2.45, 2.75) is 45.6 Å². The quantitative estimate of drug-likeness (QED) is 0.783. The van der Waals surface area contributed by atoms with Crippen molar-refractivity contribution < 1.29 is 9.53 Å². The van der Waals surface area contributed by atoms with Crippen molar-refractivity contribution in [3.8, 4) is 0 Å². The van der Waals surface area contributed by atoms with E-state index >= 15 is 0 Å². The molecule has 3 nitrogen and oxygen atoms in total. The van der Waals surface area contributed by atoms with Gasteiger partial charge in [0, 0.05) is 5.69 Å². The molecule has 0 aliphatic heterocycles. The molecule has 0 amide bonds. The molecule has 1 rings (SSSR count). The summed E-state index contributed by atoms with van der Waals surface area (Å²) in [6, 6.07) is 7.99. The van der Waals surface area contributed by atoms with Crippen LogP contribution in [0, 0.1) is 0 Å². The minimum Gasteiger partial charge on any atom is -0.467 e. The molecular formula is C15H23NO2. The van der Waals surface area contributed by atoms with Gasteiger partial charge in [-0.3, -0.25) is 0 Å². The summed E-state index contributed by atoms with van der Waals surface area (Å²) >= 11 is 0. The maximum Gasteiger partial charge on any atom is 0.328 e. The van der Waals surface area contributed by atoms with Gasteiger partial charge in [-0.25, -0.2) is 4.79 Å². The van der Waals surface area contributed by atoms with Gasteiger partial charge in [0.25, 0.3) is 0 Å². The third-order valence-corrected chi connectivity index (χ3v) is 3.33. The Hall–Kier alpha value is -1.51. The Labute approximate surface area is 110 Å². The Morgan fingerprint density at radius 1 is 1.22 bits per heavy atom. The van der Waals surface area contributed by atoms with E-state index in [2.05, 4.69) is 31.3 Å². The van der Waals surface area contributed by atoms with Crippen LogP contribution >= 0.6 is 0 Å². The highest BCUT2D eigenvalue weighted by Crippen LogP contribution is 2.21. The van der Waals surface area contributed by atoms with Gasteiger partial charge in [-0.15, -0.1) is 0 Å². The number of nitrogens with one attached hydrogen (secondary N) is 1. The molecule has 1 N–H and O–H groups in total. The fourth-order valence-corrected chi connectivity index (χ4v) is 1.81. The Morgan fingerprint density at radius 3 is 2.28 bits per heavy atom. The average molecular weight is 249 g/mol. The maximum absolute atomic E-state index is 11.5. The molecule has 0 saturated carbocycles. The second-order valence-corrected chi connectivity index (χ2v) is 4.56. The van der Waals surface area contributed by atoms with Crippen molar-refractivity contribution in [3.05, 3.63) is 29.8 Å². The summed E-state index contributed by atoms with van der Waals surface area (Å²) in [4.78, 5) is 11.5. The molecule has 0 bridgehead atoms. The molecule has 2 unspecified atom stereocenters. The molecular weight excluding hydrogens is 226 g/mol. The minimum absolute atomic E-state index is 0.219. The largest absolute Gasteiger partial charge is 0.467 e. The van der Waals surface area contributed by atoms with Crippen LogP contribution in [-0.2, 0) is 9.53 Å². The van der Waals surface area contributed by atoms with Crippen LogP contribution in [0.2, 0.25) is 0 Å². The Bertz CT molecular complexity index is 373. The number of benzene rings is 1. The van der Waals surface area contributed by atoms with Crippen molar-refractivity contribution >= 4 is 11.7 Å². The lowest BCUT2D eigenvalue weighted by Gasteiger charge is -2.16. The lowest BCUT2D eigenvalue weighted by atomic mass is 9.98. The summed E-state index contributed by atoms with van der Waals surface area (Å²) in [6.07, 6.45) is 1.84. The summed E-state index contributed by atoms with van der Waals surface area (Å²) in [5, 5.41) is 3.19. The Kier molecular flexibility index (Phi) is 5.69. The summed E-state index contributed by atoms with van der Waals surface area (Å²) < 4.78 is 4.75. The zero-order chi connectivity index (χ0) is 13.5. The smallest absolute Gasteiger partial charge is 0.328 e. The molecule has 0 fully saturated rings. The predicted octanol–water partition coefficient (Wildman–Crippen LogP) is 3.56. The highest BCUT2D eigenvalue weighted by molar-refractivity contribution is 5.79. The summed E-state index contributed by atoms with van der Waals surface area (Å²) in [5.74, 6) is 0.352. The first-order valence-electron chi connectivity index (χ1n) is 6.56. The predicted molar refractivity (Wildman–Crippen MR) is 74.9 cm³/mol. The van der Waals surface area contributed by atoms with Crippen molar-refractivity contribution in [2.24, 2.45) is 0 Å². The van der Waals surface area contributed by atoms with Crippen molar-refractivity contribution in [1.82, 2.24) is 0 Å². The van der Waals surface area contributed by atoms with Crippen LogP contribution in [0.4, 0.5) is 5.69 Å². The van der Waals surface area contributed by atoms with Crippen LogP contribution < -0.4 is 5.32 Å². The van der Waals surface area contributed by atoms with Crippen molar-refractivity contribution in [1.29, 1.82) is 0 Å². The van der Waals surface area contributed by atoms with E-state index in [1.54, 1.807) is 0 Å². The van der Waals surface area contributed by atoms with Crippen LogP contribution in [-0.4, -0.2) is 19.1 Å². The van der Waals surface area contributed by atoms with E-state index in [0.29, 0.717) is 12.3 Å². The first-order chi connectivity index (χ1) is 8.62. The van der Waals surface area contributed by atoms with Crippen LogP contribution in [0.5, 0.6) is 0 Å². The van der Waals surface area contributed by atoms with Crippen LogP contribution in [0.25, 0.3) is 0 Å². The number of rotatable bonds is 6. The number of carbonyl (C=O) groups excluding carboxylic acids is 1. The third-order valence-electron chi connectivity index (χ3n) is 3.33. The van der Waals surface area contributed by atoms with Crippen LogP contribution in [0.1, 0.15) is 45.1 Å². The molecule has 0 heterocycles. The average Bonchev–Trinajstić information content (AvgIpc) is 2.43. The minimum atomic E-state index is -0.274. The third kappa shape index (κ3) is 3.76. The molecule has 0 spiro atoms. The number of methoxy groups -OCH3 is 1. The normalized spacial score (nSPS) is 13.8. The van der Waals surface area contributed by atoms with Gasteiger partial charge in [0.05, 0.1) is 7.11 Å². The van der Waals surface area contributed by atoms with E-state index in [9.17, 15) is 4.79 Å². The molecule has 0 aromatic heterocycles. The van der Waals surface area contributed by atoms with E-state index in [1.165, 1.54) is 12.7 Å². The zero-order valence-corrected chi connectivity index (χ0v) is 11.7. The molecule has 0 aliphatic carbocycles. The molecule has 0 aliphatic rings. The number of ether oxygens (including phenoxy) is 1. The van der Waals surface area contributed by atoms with Gasteiger partial charge < -0.3 is 10.1 Å². The maximum atomic E-state index is 11.5. The van der Waals surface area contributed by atoms with E-state index in [0.717, 1.165) is 12.1 Å². The van der Waals surface area contributed by atoms with E-state index in [1.807, 2.05) is 19.1 Å². The molecule has 2 atom stereocenters. The lowest BCUT2D eigenvalue weighted by Crippen LogP contribution is -2.29. The monoisotopic (exact) mass is 249 g/mol. The second-order valence-electron chi connectivity index (χ2n) is 4.56. The standard InChI is InChI=1S/C15H23NO2/c1-5-11(3)12-7-9-13(10-8-12)16-14(6-2)15(17)18-4/h7-11,14,16H,5-6H2,1-4H3. The van der Waals surface area contributed by atoms with Gasteiger partial charge in [-0.2, -0.15) is 0 Å². The summed E-state index contributed by atoms with van der Waals surface area (Å²) in [6.45, 7) is 6.36. The Morgan fingerprint density at radius 2 is 1.83 bits per heavy atom. The van der Waals surface area contributed by atoms with Gasteiger partial charge in [0.2, 0.25) is 0 Å². The van der Waals surface area contributed by atoms with E-state index in [-0.39, 0.29) is 12.0 Å². The van der Waals surface area contributed by atoms with Gasteiger partial charge in [-0.1, -0.05) is 32.9 Å². The molecule has 0 saturated heterocycles. The molecule has 1 aromatic carbocycles. The van der Waals surface area contributed by atoms with Gasteiger partial charge in [0.1, 0.15) is 6.04 Å². The SMILES string of the molecule is CCC(Nc1ccc(C(C)CC)cc1)C(=O)OC. The highest BCUT2D eigenvalue weighted by Gasteiger charge is 2.16. The number of hydrogen-bond acceptors (Lipinski definition) is 3. The fourth-order valence-electron chi connectivity index (χ4n) is 1.81. The second kappa shape index (κ2) is 7.04. The fraction of sp³-hybridized carbons (Fsp3) is 0.533.